The van der Waals surface area contributed by atoms with Gasteiger partial charge < -0.3 is 19.0 Å². The quantitative estimate of drug-likeness (QED) is 0.613. The number of rotatable bonds is 7. The summed E-state index contributed by atoms with van der Waals surface area (Å²) in [5.41, 5.74) is 0.552. The number of aryl methyl sites for hydroxylation is 1. The summed E-state index contributed by atoms with van der Waals surface area (Å²) in [5.74, 6) is -0.848. The normalized spacial score (nSPS) is 11.7. The van der Waals surface area contributed by atoms with Crippen LogP contribution in [-0.4, -0.2) is 23.2 Å². The lowest BCUT2D eigenvalue weighted by Gasteiger charge is -2.20. The molecule has 7 heteroatoms. The molecule has 3 rings (SSSR count). The predicted molar refractivity (Wildman–Crippen MR) is 105 cm³/mol. The fourth-order valence-corrected chi connectivity index (χ4v) is 3.08. The van der Waals surface area contributed by atoms with Crippen LogP contribution < -0.4 is 10.4 Å². The number of pyridine rings is 1. The average molecular weight is 395 g/mol. The highest BCUT2D eigenvalue weighted by Gasteiger charge is 2.28. The van der Waals surface area contributed by atoms with Crippen LogP contribution in [0.4, 0.5) is 0 Å². The molecule has 2 heterocycles. The first-order valence-corrected chi connectivity index (χ1v) is 9.01. The van der Waals surface area contributed by atoms with Crippen LogP contribution in [0.15, 0.2) is 63.9 Å². The Kier molecular flexibility index (Phi) is 6.29. The zero-order valence-corrected chi connectivity index (χ0v) is 16.1. The van der Waals surface area contributed by atoms with E-state index < -0.39 is 17.5 Å². The minimum Gasteiger partial charge on any atom is -0.507 e. The number of aromatic nitrogens is 1. The Morgan fingerprint density at radius 1 is 1.21 bits per heavy atom. The first-order chi connectivity index (χ1) is 14.0. The maximum absolute atomic E-state index is 12.5. The molecule has 0 aliphatic carbocycles. The second-order valence-corrected chi connectivity index (χ2v) is 6.42. The number of hydrogen-bond acceptors (Lipinski definition) is 7. The number of ether oxygens (including phenoxy) is 2. The first-order valence-electron chi connectivity index (χ1n) is 9.01. The number of benzene rings is 1. The molecule has 150 valence electrons. The smallest absolute Gasteiger partial charge is 0.343 e. The standard InChI is InChI=1S/C22H21NO6/c1-14-11-18(24)21(22(26)29-14)17(12-20(25)27-2)16-8-3-4-9-19(16)28-13-15-7-5-6-10-23-15/h3-11,17,24H,12-13H2,1-2H3/t17-/m0/s1. The number of nitrogens with zero attached hydrogens (tertiary/aromatic N) is 1. The van der Waals surface area contributed by atoms with Crippen LogP contribution >= 0.6 is 0 Å². The minimum atomic E-state index is -0.806. The summed E-state index contributed by atoms with van der Waals surface area (Å²) in [4.78, 5) is 28.8. The van der Waals surface area contributed by atoms with Crippen molar-refractivity contribution in [2.24, 2.45) is 0 Å². The van der Waals surface area contributed by atoms with Gasteiger partial charge in [0.05, 0.1) is 24.8 Å². The van der Waals surface area contributed by atoms with Gasteiger partial charge in [-0.15, -0.1) is 0 Å². The highest BCUT2D eigenvalue weighted by molar-refractivity contribution is 5.72. The lowest BCUT2D eigenvalue weighted by molar-refractivity contribution is -0.140. The van der Waals surface area contributed by atoms with Gasteiger partial charge in [-0.1, -0.05) is 24.3 Å². The Bertz CT molecular complexity index is 1040. The van der Waals surface area contributed by atoms with Crippen molar-refractivity contribution >= 4 is 5.97 Å². The van der Waals surface area contributed by atoms with Crippen molar-refractivity contribution in [3.63, 3.8) is 0 Å². The molecule has 0 bridgehead atoms. The molecule has 0 fully saturated rings. The van der Waals surface area contributed by atoms with Gasteiger partial charge in [0.2, 0.25) is 0 Å². The number of esters is 1. The van der Waals surface area contributed by atoms with Crippen molar-refractivity contribution in [2.75, 3.05) is 7.11 Å². The SMILES string of the molecule is COC(=O)C[C@@H](c1ccccc1OCc1ccccn1)c1c(O)cc(C)oc1=O. The van der Waals surface area contributed by atoms with E-state index in [9.17, 15) is 14.7 Å². The summed E-state index contributed by atoms with van der Waals surface area (Å²) in [6.45, 7) is 1.77. The molecule has 2 aromatic heterocycles. The Morgan fingerprint density at radius 3 is 2.66 bits per heavy atom. The zero-order chi connectivity index (χ0) is 20.8. The van der Waals surface area contributed by atoms with E-state index in [0.29, 0.717) is 11.3 Å². The third-order valence-corrected chi connectivity index (χ3v) is 4.43. The minimum absolute atomic E-state index is 0.0186. The second-order valence-electron chi connectivity index (χ2n) is 6.42. The number of carbonyl (C=O) groups is 1. The Labute approximate surface area is 167 Å². The van der Waals surface area contributed by atoms with Gasteiger partial charge in [-0.3, -0.25) is 9.78 Å². The lowest BCUT2D eigenvalue weighted by atomic mass is 9.88. The summed E-state index contributed by atoms with van der Waals surface area (Å²) in [5, 5.41) is 10.4. The van der Waals surface area contributed by atoms with E-state index in [1.165, 1.54) is 13.2 Å². The van der Waals surface area contributed by atoms with Crippen LogP contribution in [0.5, 0.6) is 11.5 Å². The molecule has 0 unspecified atom stereocenters. The van der Waals surface area contributed by atoms with Crippen LogP contribution in [0.2, 0.25) is 0 Å². The molecule has 3 aromatic rings. The number of para-hydroxylation sites is 1. The molecule has 1 aromatic carbocycles. The predicted octanol–water partition coefficient (Wildman–Crippen LogP) is 3.32. The summed E-state index contributed by atoms with van der Waals surface area (Å²) in [7, 11) is 1.26. The summed E-state index contributed by atoms with van der Waals surface area (Å²) >= 11 is 0. The molecular formula is C22H21NO6. The molecule has 0 saturated carbocycles. The van der Waals surface area contributed by atoms with Gasteiger partial charge in [-0.25, -0.2) is 4.79 Å². The largest absolute Gasteiger partial charge is 0.507 e. The Morgan fingerprint density at radius 2 is 1.97 bits per heavy atom. The van der Waals surface area contributed by atoms with Gasteiger partial charge in [-0.05, 0) is 25.1 Å². The van der Waals surface area contributed by atoms with Gasteiger partial charge in [0.25, 0.3) is 0 Å². The van der Waals surface area contributed by atoms with Crippen LogP contribution in [0.3, 0.4) is 0 Å². The van der Waals surface area contributed by atoms with Gasteiger partial charge in [0.1, 0.15) is 23.9 Å². The number of aromatic hydroxyl groups is 1. The molecule has 0 spiro atoms. The topological polar surface area (TPSA) is 98.9 Å². The molecule has 0 saturated heterocycles. The van der Waals surface area contributed by atoms with Crippen LogP contribution in [-0.2, 0) is 16.1 Å². The summed E-state index contributed by atoms with van der Waals surface area (Å²) in [6, 6.07) is 13.9. The van der Waals surface area contributed by atoms with E-state index >= 15 is 0 Å². The molecule has 7 nitrogen and oxygen atoms in total. The molecule has 0 amide bonds. The van der Waals surface area contributed by atoms with E-state index in [4.69, 9.17) is 13.9 Å². The average Bonchev–Trinajstić information content (AvgIpc) is 2.71. The maximum Gasteiger partial charge on any atom is 0.343 e. The van der Waals surface area contributed by atoms with Gasteiger partial charge in [-0.2, -0.15) is 0 Å². The van der Waals surface area contributed by atoms with Crippen molar-refractivity contribution in [3.05, 3.63) is 87.7 Å². The van der Waals surface area contributed by atoms with Crippen molar-refractivity contribution in [1.29, 1.82) is 0 Å². The summed E-state index contributed by atoms with van der Waals surface area (Å²) in [6.07, 6.45) is 1.50. The first kappa shape index (κ1) is 20.1. The monoisotopic (exact) mass is 395 g/mol. The Balaban J connectivity index is 2.03. The third kappa shape index (κ3) is 4.82. The molecule has 0 aliphatic rings. The number of hydrogen-bond donors (Lipinski definition) is 1. The summed E-state index contributed by atoms with van der Waals surface area (Å²) < 4.78 is 15.9. The van der Waals surface area contributed by atoms with Crippen LogP contribution in [0.25, 0.3) is 0 Å². The van der Waals surface area contributed by atoms with E-state index in [0.717, 1.165) is 5.69 Å². The third-order valence-electron chi connectivity index (χ3n) is 4.43. The number of methoxy groups -OCH3 is 1. The lowest BCUT2D eigenvalue weighted by Crippen LogP contribution is -2.19. The van der Waals surface area contributed by atoms with Crippen molar-refractivity contribution in [3.8, 4) is 11.5 Å². The van der Waals surface area contributed by atoms with Gasteiger partial charge in [0, 0.05) is 23.7 Å². The highest BCUT2D eigenvalue weighted by atomic mass is 16.5. The second kappa shape index (κ2) is 9.05. The van der Waals surface area contributed by atoms with Crippen molar-refractivity contribution < 1.29 is 23.8 Å². The van der Waals surface area contributed by atoms with Crippen molar-refractivity contribution in [2.45, 2.75) is 25.9 Å². The van der Waals surface area contributed by atoms with E-state index in [2.05, 4.69) is 4.98 Å². The molecular weight excluding hydrogens is 374 g/mol. The molecule has 0 aliphatic heterocycles. The fourth-order valence-electron chi connectivity index (χ4n) is 3.08. The fraction of sp³-hybridized carbons (Fsp3) is 0.227. The Hall–Kier alpha value is -3.61. The zero-order valence-electron chi connectivity index (χ0n) is 16.1. The van der Waals surface area contributed by atoms with E-state index in [1.54, 1.807) is 37.4 Å². The van der Waals surface area contributed by atoms with E-state index in [1.807, 2.05) is 18.2 Å². The van der Waals surface area contributed by atoms with Crippen LogP contribution in [0.1, 0.15) is 34.9 Å². The molecule has 1 atom stereocenters. The highest BCUT2D eigenvalue weighted by Crippen LogP contribution is 2.37. The van der Waals surface area contributed by atoms with E-state index in [-0.39, 0.29) is 30.1 Å². The van der Waals surface area contributed by atoms with Gasteiger partial charge in [0.15, 0.2) is 0 Å². The van der Waals surface area contributed by atoms with Crippen molar-refractivity contribution in [1.82, 2.24) is 4.98 Å². The molecule has 1 N–H and O–H groups in total. The number of carbonyl (C=O) groups excluding carboxylic acids is 1. The molecule has 0 radical (unpaired) electrons. The van der Waals surface area contributed by atoms with Crippen LogP contribution in [0, 0.1) is 6.92 Å². The van der Waals surface area contributed by atoms with Gasteiger partial charge >= 0.3 is 11.6 Å². The molecule has 29 heavy (non-hydrogen) atoms. The maximum atomic E-state index is 12.5.